The fraction of sp³-hybridized carbons (Fsp3) is 0.409. The summed E-state index contributed by atoms with van der Waals surface area (Å²) in [5, 5.41) is 3.56. The van der Waals surface area contributed by atoms with E-state index in [9.17, 15) is 9.18 Å². The summed E-state index contributed by atoms with van der Waals surface area (Å²) in [6.45, 7) is 4.81. The number of hydrogen-bond acceptors (Lipinski definition) is 2. The fourth-order valence-corrected chi connectivity index (χ4v) is 3.78. The molecule has 0 saturated carbocycles. The molecule has 144 valence electrons. The topological polar surface area (TPSA) is 32.3 Å². The first-order valence-corrected chi connectivity index (χ1v) is 9.90. The number of piperidine rings is 1. The van der Waals surface area contributed by atoms with Crippen molar-refractivity contribution < 1.29 is 9.18 Å². The molecule has 1 amide bonds. The summed E-state index contributed by atoms with van der Waals surface area (Å²) in [5.41, 5.74) is 1.77. The Morgan fingerprint density at radius 3 is 2.56 bits per heavy atom. The van der Waals surface area contributed by atoms with Gasteiger partial charge in [-0.1, -0.05) is 54.9 Å². The van der Waals surface area contributed by atoms with Gasteiger partial charge in [0.2, 0.25) is 5.91 Å². The van der Waals surface area contributed by atoms with E-state index >= 15 is 0 Å². The number of halogens is 2. The van der Waals surface area contributed by atoms with Crippen LogP contribution in [0.3, 0.4) is 0 Å². The van der Waals surface area contributed by atoms with Crippen LogP contribution in [-0.2, 0) is 11.3 Å². The van der Waals surface area contributed by atoms with Gasteiger partial charge in [0.05, 0.1) is 0 Å². The first-order chi connectivity index (χ1) is 13.0. The highest BCUT2D eigenvalue weighted by atomic mass is 35.5. The number of nitrogens with zero attached hydrogens (tertiary/aromatic N) is 1. The number of nitrogens with one attached hydrogen (secondary N) is 1. The molecular weight excluding hydrogens is 363 g/mol. The molecule has 1 heterocycles. The second-order valence-electron chi connectivity index (χ2n) is 7.31. The number of benzene rings is 2. The van der Waals surface area contributed by atoms with E-state index in [1.54, 1.807) is 12.1 Å². The summed E-state index contributed by atoms with van der Waals surface area (Å²) in [7, 11) is 0. The molecule has 1 saturated heterocycles. The van der Waals surface area contributed by atoms with Crippen molar-refractivity contribution in [2.75, 3.05) is 19.6 Å². The molecule has 5 heteroatoms. The van der Waals surface area contributed by atoms with Gasteiger partial charge in [-0.05, 0) is 49.5 Å². The number of amides is 1. The van der Waals surface area contributed by atoms with Gasteiger partial charge in [-0.25, -0.2) is 4.39 Å². The van der Waals surface area contributed by atoms with Gasteiger partial charge >= 0.3 is 0 Å². The highest BCUT2D eigenvalue weighted by molar-refractivity contribution is 6.31. The van der Waals surface area contributed by atoms with Crippen LogP contribution >= 0.6 is 11.6 Å². The molecule has 3 rings (SSSR count). The Balaban J connectivity index is 1.45. The van der Waals surface area contributed by atoms with E-state index in [-0.39, 0.29) is 17.6 Å². The minimum Gasteiger partial charge on any atom is -0.355 e. The van der Waals surface area contributed by atoms with Crippen LogP contribution in [0, 0.1) is 11.7 Å². The average Bonchev–Trinajstić information content (AvgIpc) is 2.70. The van der Waals surface area contributed by atoms with Crippen molar-refractivity contribution in [1.82, 2.24) is 10.2 Å². The summed E-state index contributed by atoms with van der Waals surface area (Å²) in [6, 6.07) is 15.0. The zero-order valence-corrected chi connectivity index (χ0v) is 16.4. The van der Waals surface area contributed by atoms with Crippen LogP contribution in [0.25, 0.3) is 0 Å². The van der Waals surface area contributed by atoms with Gasteiger partial charge < -0.3 is 5.32 Å². The molecule has 0 unspecified atom stereocenters. The second-order valence-corrected chi connectivity index (χ2v) is 7.71. The van der Waals surface area contributed by atoms with Crippen LogP contribution in [0.4, 0.5) is 4.39 Å². The third kappa shape index (κ3) is 5.30. The SMILES string of the molecule is C[C@@H](CNC(=O)C1CCN(Cc2c(F)cccc2Cl)CC1)c1ccccc1. The average molecular weight is 389 g/mol. The fourth-order valence-electron chi connectivity index (χ4n) is 3.56. The molecule has 0 aromatic heterocycles. The predicted molar refractivity (Wildman–Crippen MR) is 107 cm³/mol. The molecule has 0 aliphatic carbocycles. The number of rotatable bonds is 6. The van der Waals surface area contributed by atoms with Crippen LogP contribution in [0.2, 0.25) is 5.02 Å². The number of hydrogen-bond donors (Lipinski definition) is 1. The lowest BCUT2D eigenvalue weighted by molar-refractivity contribution is -0.126. The smallest absolute Gasteiger partial charge is 0.223 e. The second kappa shape index (κ2) is 9.34. The molecule has 1 fully saturated rings. The maximum absolute atomic E-state index is 14.0. The highest BCUT2D eigenvalue weighted by Gasteiger charge is 2.26. The summed E-state index contributed by atoms with van der Waals surface area (Å²) in [4.78, 5) is 14.7. The molecule has 3 nitrogen and oxygen atoms in total. The normalized spacial score (nSPS) is 16.9. The first kappa shape index (κ1) is 19.8. The summed E-state index contributed by atoms with van der Waals surface area (Å²) < 4.78 is 14.0. The van der Waals surface area contributed by atoms with E-state index in [0.717, 1.165) is 25.9 Å². The van der Waals surface area contributed by atoms with E-state index in [2.05, 4.69) is 29.3 Å². The molecule has 2 aromatic rings. The Bertz CT molecular complexity index is 740. The standard InChI is InChI=1S/C22H26ClFN2O/c1-16(17-6-3-2-4-7-17)14-25-22(27)18-10-12-26(13-11-18)15-19-20(23)8-5-9-21(19)24/h2-9,16,18H,10-15H2,1H3,(H,25,27)/t16-/m0/s1. The molecule has 0 bridgehead atoms. The lowest BCUT2D eigenvalue weighted by Crippen LogP contribution is -2.41. The van der Waals surface area contributed by atoms with Crippen LogP contribution in [-0.4, -0.2) is 30.4 Å². The maximum Gasteiger partial charge on any atom is 0.223 e. The van der Waals surface area contributed by atoms with E-state index < -0.39 is 0 Å². The molecule has 1 atom stereocenters. The quantitative estimate of drug-likeness (QED) is 0.783. The van der Waals surface area contributed by atoms with Gasteiger partial charge in [-0.3, -0.25) is 9.69 Å². The van der Waals surface area contributed by atoms with Gasteiger partial charge in [0.1, 0.15) is 5.82 Å². The van der Waals surface area contributed by atoms with Crippen molar-refractivity contribution in [3.8, 4) is 0 Å². The summed E-state index contributed by atoms with van der Waals surface area (Å²) in [5.74, 6) is 0.178. The molecule has 1 aliphatic rings. The molecule has 0 spiro atoms. The zero-order chi connectivity index (χ0) is 19.2. The minimum absolute atomic E-state index is 0.0281. The monoisotopic (exact) mass is 388 g/mol. The molecule has 1 aliphatic heterocycles. The minimum atomic E-state index is -0.266. The Morgan fingerprint density at radius 2 is 1.89 bits per heavy atom. The van der Waals surface area contributed by atoms with Crippen LogP contribution in [0.1, 0.15) is 36.8 Å². The Kier molecular flexibility index (Phi) is 6.86. The van der Waals surface area contributed by atoms with E-state index in [1.165, 1.54) is 11.6 Å². The van der Waals surface area contributed by atoms with E-state index in [1.807, 2.05) is 18.2 Å². The van der Waals surface area contributed by atoms with Gasteiger partial charge in [-0.2, -0.15) is 0 Å². The zero-order valence-electron chi connectivity index (χ0n) is 15.6. The van der Waals surface area contributed by atoms with E-state index in [4.69, 9.17) is 11.6 Å². The third-order valence-corrected chi connectivity index (χ3v) is 5.71. The molecule has 1 N–H and O–H groups in total. The van der Waals surface area contributed by atoms with Crippen molar-refractivity contribution in [2.24, 2.45) is 5.92 Å². The van der Waals surface area contributed by atoms with Crippen molar-refractivity contribution in [3.63, 3.8) is 0 Å². The third-order valence-electron chi connectivity index (χ3n) is 5.35. The van der Waals surface area contributed by atoms with Gasteiger partial charge in [0, 0.05) is 29.6 Å². The van der Waals surface area contributed by atoms with Crippen LogP contribution < -0.4 is 5.32 Å². The Morgan fingerprint density at radius 1 is 1.19 bits per heavy atom. The Labute approximate surface area is 165 Å². The lowest BCUT2D eigenvalue weighted by Gasteiger charge is -2.31. The molecule has 27 heavy (non-hydrogen) atoms. The lowest BCUT2D eigenvalue weighted by atomic mass is 9.95. The van der Waals surface area contributed by atoms with Crippen LogP contribution in [0.15, 0.2) is 48.5 Å². The number of carbonyl (C=O) groups is 1. The summed E-state index contributed by atoms with van der Waals surface area (Å²) in [6.07, 6.45) is 1.58. The van der Waals surface area contributed by atoms with E-state index in [0.29, 0.717) is 29.6 Å². The van der Waals surface area contributed by atoms with Gasteiger partial charge in [0.15, 0.2) is 0 Å². The van der Waals surface area contributed by atoms with Crippen LogP contribution in [0.5, 0.6) is 0 Å². The maximum atomic E-state index is 14.0. The first-order valence-electron chi connectivity index (χ1n) is 9.52. The van der Waals surface area contributed by atoms with Gasteiger partial charge in [0.25, 0.3) is 0 Å². The predicted octanol–water partition coefficient (Wildman–Crippen LogP) is 4.61. The number of likely N-dealkylation sites (tertiary alicyclic amines) is 1. The number of carbonyl (C=O) groups excluding carboxylic acids is 1. The highest BCUT2D eigenvalue weighted by Crippen LogP contribution is 2.24. The van der Waals surface area contributed by atoms with Crippen molar-refractivity contribution in [3.05, 3.63) is 70.5 Å². The summed E-state index contributed by atoms with van der Waals surface area (Å²) >= 11 is 6.12. The van der Waals surface area contributed by atoms with Crippen molar-refractivity contribution in [1.29, 1.82) is 0 Å². The molecule has 2 aromatic carbocycles. The van der Waals surface area contributed by atoms with Crippen molar-refractivity contribution >= 4 is 17.5 Å². The molecular formula is C22H26ClFN2O. The Hall–Kier alpha value is -1.91. The van der Waals surface area contributed by atoms with Crippen molar-refractivity contribution in [2.45, 2.75) is 32.2 Å². The largest absolute Gasteiger partial charge is 0.355 e. The van der Waals surface area contributed by atoms with Gasteiger partial charge in [-0.15, -0.1) is 0 Å². The molecule has 0 radical (unpaired) electrons.